The number of aliphatic hydroxyl groups excluding tert-OH is 1. The molecule has 154 valence electrons. The van der Waals surface area contributed by atoms with Gasteiger partial charge in [0.05, 0.1) is 6.10 Å². The van der Waals surface area contributed by atoms with Crippen molar-refractivity contribution in [1.82, 2.24) is 0 Å². The molecule has 2 unspecified atom stereocenters. The molecule has 0 spiro atoms. The van der Waals surface area contributed by atoms with E-state index in [0.29, 0.717) is 0 Å². The Hall–Kier alpha value is -2.84. The van der Waals surface area contributed by atoms with Crippen molar-refractivity contribution < 1.29 is 9.84 Å². The first-order valence-corrected chi connectivity index (χ1v) is 11.1. The van der Waals surface area contributed by atoms with Gasteiger partial charge in [-0.15, -0.1) is 0 Å². The average molecular weight is 399 g/mol. The summed E-state index contributed by atoms with van der Waals surface area (Å²) in [6.07, 6.45) is 4.46. The van der Waals surface area contributed by atoms with Gasteiger partial charge in [-0.1, -0.05) is 86.1 Å². The summed E-state index contributed by atoms with van der Waals surface area (Å²) in [6.45, 7) is 2.22. The number of hydrogen-bond donors (Lipinski definition) is 1. The quantitative estimate of drug-likeness (QED) is 0.466. The summed E-state index contributed by atoms with van der Waals surface area (Å²) in [6, 6.07) is 29.6. The number of hydrogen-bond acceptors (Lipinski definition) is 2. The Balaban J connectivity index is 1.70. The highest BCUT2D eigenvalue weighted by atomic mass is 16.5. The van der Waals surface area contributed by atoms with Crippen LogP contribution in [0.3, 0.4) is 0 Å². The Morgan fingerprint density at radius 1 is 0.767 bits per heavy atom. The lowest BCUT2D eigenvalue weighted by atomic mass is 9.88. The van der Waals surface area contributed by atoms with Gasteiger partial charge in [-0.05, 0) is 65.7 Å². The minimum Gasteiger partial charge on any atom is -0.488 e. The first kappa shape index (κ1) is 20.4. The van der Waals surface area contributed by atoms with Gasteiger partial charge in [0, 0.05) is 0 Å². The molecule has 0 bridgehead atoms. The summed E-state index contributed by atoms with van der Waals surface area (Å²) in [5, 5.41) is 10.2. The Morgan fingerprint density at radius 2 is 1.33 bits per heavy atom. The van der Waals surface area contributed by atoms with E-state index in [2.05, 4.69) is 79.7 Å². The number of allylic oxidation sites excluding steroid dienone is 1. The summed E-state index contributed by atoms with van der Waals surface area (Å²) in [5.74, 6) is 0.829. The van der Waals surface area contributed by atoms with Crippen LogP contribution in [0, 0.1) is 0 Å². The maximum Gasteiger partial charge on any atom is 0.124 e. The van der Waals surface area contributed by atoms with Crippen molar-refractivity contribution in [1.29, 1.82) is 0 Å². The van der Waals surface area contributed by atoms with Crippen molar-refractivity contribution in [2.24, 2.45) is 0 Å². The van der Waals surface area contributed by atoms with Crippen LogP contribution in [0.5, 0.6) is 5.75 Å². The van der Waals surface area contributed by atoms with Crippen LogP contribution >= 0.6 is 0 Å². The molecule has 30 heavy (non-hydrogen) atoms. The summed E-state index contributed by atoms with van der Waals surface area (Å²) >= 11 is 0. The lowest BCUT2D eigenvalue weighted by Gasteiger charge is -2.28. The molecule has 0 aliphatic heterocycles. The van der Waals surface area contributed by atoms with E-state index in [0.717, 1.165) is 37.9 Å². The van der Waals surface area contributed by atoms with E-state index in [-0.39, 0.29) is 12.2 Å². The Bertz CT molecular complexity index is 959. The molecule has 3 aromatic carbocycles. The number of aliphatic hydroxyl groups is 1. The van der Waals surface area contributed by atoms with Crippen molar-refractivity contribution in [3.63, 3.8) is 0 Å². The molecule has 1 aliphatic carbocycles. The van der Waals surface area contributed by atoms with Gasteiger partial charge >= 0.3 is 0 Å². The third kappa shape index (κ3) is 4.66. The van der Waals surface area contributed by atoms with Crippen molar-refractivity contribution in [3.8, 4) is 5.75 Å². The zero-order valence-corrected chi connectivity index (χ0v) is 17.6. The smallest absolute Gasteiger partial charge is 0.124 e. The van der Waals surface area contributed by atoms with Crippen molar-refractivity contribution >= 4 is 11.1 Å². The molecule has 1 fully saturated rings. The molecular formula is C28H30O2. The molecule has 1 N–H and O–H groups in total. The van der Waals surface area contributed by atoms with E-state index < -0.39 is 0 Å². The van der Waals surface area contributed by atoms with Crippen LogP contribution < -0.4 is 4.74 Å². The highest BCUT2D eigenvalue weighted by Crippen LogP contribution is 2.35. The fraction of sp³-hybridized carbons (Fsp3) is 0.286. The number of ether oxygens (including phenoxy) is 1. The third-order valence-electron chi connectivity index (χ3n) is 5.94. The van der Waals surface area contributed by atoms with Gasteiger partial charge in [0.2, 0.25) is 0 Å². The molecule has 1 aliphatic rings. The standard InChI is InChI=1S/C28H30O2/c1-2-25(21-11-5-3-6-12-21)28(22-13-7-4-8-14-22)23-17-19-24(20-18-23)30-27-16-10-9-15-26(27)29/h3-8,11-14,17-20,26-27,29H,2,9-10,15-16H2,1H3. The summed E-state index contributed by atoms with van der Waals surface area (Å²) in [7, 11) is 0. The molecule has 0 amide bonds. The van der Waals surface area contributed by atoms with Crippen molar-refractivity contribution in [2.45, 2.75) is 51.2 Å². The maximum absolute atomic E-state index is 10.2. The zero-order valence-electron chi connectivity index (χ0n) is 17.6. The summed E-state index contributed by atoms with van der Waals surface area (Å²) in [4.78, 5) is 0. The first-order chi connectivity index (χ1) is 14.8. The second-order valence-corrected chi connectivity index (χ2v) is 7.97. The average Bonchev–Trinajstić information content (AvgIpc) is 2.81. The molecular weight excluding hydrogens is 368 g/mol. The summed E-state index contributed by atoms with van der Waals surface area (Å²) in [5.41, 5.74) is 6.24. The molecule has 2 nitrogen and oxygen atoms in total. The van der Waals surface area contributed by atoms with E-state index in [1.165, 1.54) is 27.8 Å². The lowest BCUT2D eigenvalue weighted by Crippen LogP contribution is -2.34. The van der Waals surface area contributed by atoms with E-state index in [9.17, 15) is 5.11 Å². The third-order valence-corrected chi connectivity index (χ3v) is 5.94. The normalized spacial score (nSPS) is 19.8. The second kappa shape index (κ2) is 9.77. The Labute approximate surface area is 179 Å². The molecule has 2 heteroatoms. The van der Waals surface area contributed by atoms with Crippen LogP contribution in [0.15, 0.2) is 84.9 Å². The van der Waals surface area contributed by atoms with E-state index in [1.54, 1.807) is 0 Å². The molecule has 2 atom stereocenters. The highest BCUT2D eigenvalue weighted by molar-refractivity contribution is 5.98. The molecule has 0 heterocycles. The van der Waals surface area contributed by atoms with E-state index in [1.807, 2.05) is 12.1 Å². The van der Waals surface area contributed by atoms with Gasteiger partial charge in [-0.3, -0.25) is 0 Å². The van der Waals surface area contributed by atoms with Crippen molar-refractivity contribution in [3.05, 3.63) is 102 Å². The van der Waals surface area contributed by atoms with Gasteiger partial charge in [-0.25, -0.2) is 0 Å². The molecule has 3 aromatic rings. The van der Waals surface area contributed by atoms with Crippen LogP contribution in [-0.4, -0.2) is 17.3 Å². The van der Waals surface area contributed by atoms with Gasteiger partial charge in [0.1, 0.15) is 11.9 Å². The molecule has 0 aromatic heterocycles. The summed E-state index contributed by atoms with van der Waals surface area (Å²) < 4.78 is 6.11. The highest BCUT2D eigenvalue weighted by Gasteiger charge is 2.24. The van der Waals surface area contributed by atoms with Crippen LogP contribution in [0.1, 0.15) is 55.7 Å². The predicted octanol–water partition coefficient (Wildman–Crippen LogP) is 6.74. The minimum atomic E-state index is -0.358. The van der Waals surface area contributed by atoms with E-state index >= 15 is 0 Å². The predicted molar refractivity (Wildman–Crippen MR) is 124 cm³/mol. The van der Waals surface area contributed by atoms with Gasteiger partial charge in [0.15, 0.2) is 0 Å². The largest absolute Gasteiger partial charge is 0.488 e. The van der Waals surface area contributed by atoms with Crippen LogP contribution in [0.2, 0.25) is 0 Å². The topological polar surface area (TPSA) is 29.5 Å². The second-order valence-electron chi connectivity index (χ2n) is 7.97. The van der Waals surface area contributed by atoms with Crippen molar-refractivity contribution in [2.75, 3.05) is 0 Å². The Morgan fingerprint density at radius 3 is 1.93 bits per heavy atom. The Kier molecular flexibility index (Phi) is 6.66. The number of benzene rings is 3. The number of rotatable bonds is 6. The van der Waals surface area contributed by atoms with Crippen LogP contribution in [0.4, 0.5) is 0 Å². The fourth-order valence-corrected chi connectivity index (χ4v) is 4.37. The molecule has 1 saturated carbocycles. The van der Waals surface area contributed by atoms with Crippen LogP contribution in [-0.2, 0) is 0 Å². The van der Waals surface area contributed by atoms with Crippen LogP contribution in [0.25, 0.3) is 11.1 Å². The zero-order chi connectivity index (χ0) is 20.8. The van der Waals surface area contributed by atoms with E-state index in [4.69, 9.17) is 4.74 Å². The van der Waals surface area contributed by atoms with Gasteiger partial charge in [0.25, 0.3) is 0 Å². The molecule has 0 radical (unpaired) electrons. The maximum atomic E-state index is 10.2. The SMILES string of the molecule is CCC(=C(c1ccccc1)c1ccc(OC2CCCCC2O)cc1)c1ccccc1. The molecule has 0 saturated heterocycles. The monoisotopic (exact) mass is 398 g/mol. The van der Waals surface area contributed by atoms with Gasteiger partial charge < -0.3 is 9.84 Å². The minimum absolute atomic E-state index is 0.0933. The fourth-order valence-electron chi connectivity index (χ4n) is 4.37. The lowest BCUT2D eigenvalue weighted by molar-refractivity contribution is 0.00687. The van der Waals surface area contributed by atoms with Gasteiger partial charge in [-0.2, -0.15) is 0 Å². The molecule has 4 rings (SSSR count). The first-order valence-electron chi connectivity index (χ1n) is 11.1.